The fourth-order valence-electron chi connectivity index (χ4n) is 6.09. The van der Waals surface area contributed by atoms with E-state index in [0.717, 1.165) is 47.6 Å². The minimum absolute atomic E-state index is 0.140. The van der Waals surface area contributed by atoms with E-state index < -0.39 is 23.7 Å². The molecule has 0 saturated carbocycles. The zero-order valence-corrected chi connectivity index (χ0v) is 30.3. The number of nitrogens with zero attached hydrogens (tertiary/aromatic N) is 5. The van der Waals surface area contributed by atoms with E-state index in [1.807, 2.05) is 67.7 Å². The summed E-state index contributed by atoms with van der Waals surface area (Å²) in [5.74, 6) is -0.129. The Balaban J connectivity index is 1.39. The molecule has 1 aliphatic heterocycles. The van der Waals surface area contributed by atoms with Crippen LogP contribution in [0.2, 0.25) is 0 Å². The Morgan fingerprint density at radius 1 is 0.868 bits per heavy atom. The second-order valence-electron chi connectivity index (χ2n) is 13.1. The van der Waals surface area contributed by atoms with Crippen LogP contribution in [0.25, 0.3) is 6.08 Å². The molecular formula is C41H46F3N5O4. The van der Waals surface area contributed by atoms with E-state index in [4.69, 9.17) is 9.47 Å². The Labute approximate surface area is 309 Å². The van der Waals surface area contributed by atoms with E-state index in [1.165, 1.54) is 24.3 Å². The van der Waals surface area contributed by atoms with Crippen LogP contribution in [0.4, 0.5) is 18.9 Å². The van der Waals surface area contributed by atoms with Gasteiger partial charge in [-0.25, -0.2) is 4.98 Å². The molecule has 0 radical (unpaired) electrons. The first-order chi connectivity index (χ1) is 25.5. The van der Waals surface area contributed by atoms with Gasteiger partial charge >= 0.3 is 6.18 Å². The monoisotopic (exact) mass is 729 g/mol. The van der Waals surface area contributed by atoms with Crippen LogP contribution in [0.3, 0.4) is 0 Å². The number of amides is 2. The van der Waals surface area contributed by atoms with Crippen molar-refractivity contribution in [1.82, 2.24) is 19.7 Å². The summed E-state index contributed by atoms with van der Waals surface area (Å²) in [5, 5.41) is 0. The number of morpholine rings is 1. The lowest BCUT2D eigenvalue weighted by Gasteiger charge is -2.34. The third-order valence-corrected chi connectivity index (χ3v) is 9.19. The number of likely N-dealkylation sites (N-methyl/N-ethyl adjacent to an activating group) is 2. The Morgan fingerprint density at radius 2 is 1.55 bits per heavy atom. The molecule has 1 saturated heterocycles. The van der Waals surface area contributed by atoms with E-state index in [1.54, 1.807) is 36.2 Å². The fourth-order valence-corrected chi connectivity index (χ4v) is 6.09. The standard InChI is InChI=1S/C41H46F3N5O4/c1-46(29-34-13-19-38(52-3)45-28-34)21-22-47(2)40(51)37(27-32-7-5-4-6-8-32)49(30-33-11-17-36(18-12-33)48-23-25-53-26-24-48)39(50)20-14-31-9-15-35(16-10-31)41(42,43)44/h4-20,28,37H,21-27,29-30H2,1-3H3/b20-14+/t37-/m0/s1. The highest BCUT2D eigenvalue weighted by Gasteiger charge is 2.32. The van der Waals surface area contributed by atoms with Crippen molar-refractivity contribution in [3.8, 4) is 5.88 Å². The molecule has 2 heterocycles. The summed E-state index contributed by atoms with van der Waals surface area (Å²) in [6.07, 6.45) is 0.365. The molecule has 0 unspecified atom stereocenters. The molecule has 0 aliphatic carbocycles. The number of halogens is 3. The number of hydrogen-bond donors (Lipinski definition) is 0. The van der Waals surface area contributed by atoms with Crippen molar-refractivity contribution in [3.63, 3.8) is 0 Å². The molecule has 1 aliphatic rings. The third kappa shape index (κ3) is 11.4. The topological polar surface area (TPSA) is 78.5 Å². The minimum Gasteiger partial charge on any atom is -0.481 e. The summed E-state index contributed by atoms with van der Waals surface area (Å²) in [5.41, 5.74) is 3.42. The lowest BCUT2D eigenvalue weighted by Crippen LogP contribution is -2.51. The average Bonchev–Trinajstić information content (AvgIpc) is 3.18. The van der Waals surface area contributed by atoms with Crippen LogP contribution in [-0.2, 0) is 40.0 Å². The van der Waals surface area contributed by atoms with Crippen molar-refractivity contribution in [2.75, 3.05) is 65.5 Å². The van der Waals surface area contributed by atoms with E-state index in [-0.39, 0.29) is 18.9 Å². The molecule has 4 aromatic rings. The van der Waals surface area contributed by atoms with Gasteiger partial charge in [0.2, 0.25) is 17.7 Å². The molecule has 5 rings (SSSR count). The van der Waals surface area contributed by atoms with Crippen LogP contribution in [-0.4, -0.2) is 98.1 Å². The summed E-state index contributed by atoms with van der Waals surface area (Å²) >= 11 is 0. The first-order valence-electron chi connectivity index (χ1n) is 17.5. The van der Waals surface area contributed by atoms with Crippen molar-refractivity contribution in [2.45, 2.75) is 31.7 Å². The number of hydrogen-bond acceptors (Lipinski definition) is 7. The molecule has 1 atom stereocenters. The molecule has 0 N–H and O–H groups in total. The van der Waals surface area contributed by atoms with Gasteiger partial charge in [-0.05, 0) is 59.6 Å². The second-order valence-corrected chi connectivity index (χ2v) is 13.1. The molecule has 0 bridgehead atoms. The summed E-state index contributed by atoms with van der Waals surface area (Å²) in [4.78, 5) is 40.4. The highest BCUT2D eigenvalue weighted by Crippen LogP contribution is 2.29. The fraction of sp³-hybridized carbons (Fsp3) is 0.341. The number of anilines is 1. The van der Waals surface area contributed by atoms with E-state index >= 15 is 0 Å². The Bertz CT molecular complexity index is 1780. The van der Waals surface area contributed by atoms with Gasteiger partial charge in [-0.1, -0.05) is 60.7 Å². The van der Waals surface area contributed by atoms with E-state index in [2.05, 4.69) is 14.8 Å². The number of pyridine rings is 1. The quantitative estimate of drug-likeness (QED) is 0.135. The summed E-state index contributed by atoms with van der Waals surface area (Å²) in [6.45, 7) is 4.60. The molecule has 2 amide bonds. The van der Waals surface area contributed by atoms with Crippen LogP contribution >= 0.6 is 0 Å². The van der Waals surface area contributed by atoms with Gasteiger partial charge in [-0.15, -0.1) is 0 Å². The van der Waals surface area contributed by atoms with Gasteiger partial charge in [0.1, 0.15) is 6.04 Å². The molecule has 0 spiro atoms. The van der Waals surface area contributed by atoms with Gasteiger partial charge < -0.3 is 29.1 Å². The van der Waals surface area contributed by atoms with Gasteiger partial charge in [0.25, 0.3) is 0 Å². The summed E-state index contributed by atoms with van der Waals surface area (Å²) in [6, 6.07) is 25.0. The molecule has 9 nitrogen and oxygen atoms in total. The lowest BCUT2D eigenvalue weighted by atomic mass is 10.0. The molecular weight excluding hydrogens is 683 g/mol. The first kappa shape index (κ1) is 39.0. The SMILES string of the molecule is COc1ccc(CN(C)CCN(C)C(=O)[C@H](Cc2ccccc2)N(Cc2ccc(N3CCOCC3)cc2)C(=O)/C=C/c2ccc(C(F)(F)F)cc2)cn1. The molecule has 1 fully saturated rings. The van der Waals surface area contributed by atoms with Gasteiger partial charge in [-0.3, -0.25) is 9.59 Å². The maximum Gasteiger partial charge on any atom is 0.416 e. The number of alkyl halides is 3. The highest BCUT2D eigenvalue weighted by atomic mass is 19.4. The highest BCUT2D eigenvalue weighted by molar-refractivity contribution is 5.95. The zero-order valence-electron chi connectivity index (χ0n) is 30.3. The number of aromatic nitrogens is 1. The third-order valence-electron chi connectivity index (χ3n) is 9.19. The zero-order chi connectivity index (χ0) is 37.8. The predicted octanol–water partition coefficient (Wildman–Crippen LogP) is 6.19. The van der Waals surface area contributed by atoms with Gasteiger partial charge in [-0.2, -0.15) is 13.2 Å². The molecule has 53 heavy (non-hydrogen) atoms. The van der Waals surface area contributed by atoms with Crippen LogP contribution < -0.4 is 9.64 Å². The smallest absolute Gasteiger partial charge is 0.416 e. The van der Waals surface area contributed by atoms with Crippen LogP contribution in [0.5, 0.6) is 5.88 Å². The molecule has 3 aromatic carbocycles. The number of methoxy groups -OCH3 is 1. The number of carbonyl (C=O) groups excluding carboxylic acids is 2. The molecule has 1 aromatic heterocycles. The maximum atomic E-state index is 14.4. The minimum atomic E-state index is -4.47. The van der Waals surface area contributed by atoms with Crippen molar-refractivity contribution in [1.29, 1.82) is 0 Å². The molecule has 12 heteroatoms. The van der Waals surface area contributed by atoms with Crippen LogP contribution in [0.15, 0.2) is 103 Å². The van der Waals surface area contributed by atoms with Crippen LogP contribution in [0, 0.1) is 0 Å². The largest absolute Gasteiger partial charge is 0.481 e. The Hall–Kier alpha value is -5.20. The number of benzene rings is 3. The van der Waals surface area contributed by atoms with Crippen molar-refractivity contribution >= 4 is 23.6 Å². The van der Waals surface area contributed by atoms with Gasteiger partial charge in [0.15, 0.2) is 0 Å². The number of rotatable bonds is 15. The second kappa shape index (κ2) is 18.5. The van der Waals surface area contributed by atoms with Crippen molar-refractivity contribution in [2.24, 2.45) is 0 Å². The summed E-state index contributed by atoms with van der Waals surface area (Å²) in [7, 11) is 5.27. The van der Waals surface area contributed by atoms with Gasteiger partial charge in [0.05, 0.1) is 25.9 Å². The summed E-state index contributed by atoms with van der Waals surface area (Å²) < 4.78 is 50.2. The Kier molecular flexibility index (Phi) is 13.6. The van der Waals surface area contributed by atoms with Crippen LogP contribution in [0.1, 0.15) is 27.8 Å². The molecule has 280 valence electrons. The van der Waals surface area contributed by atoms with E-state index in [0.29, 0.717) is 44.3 Å². The lowest BCUT2D eigenvalue weighted by molar-refractivity contribution is -0.143. The predicted molar refractivity (Wildman–Crippen MR) is 199 cm³/mol. The maximum absolute atomic E-state index is 14.4. The van der Waals surface area contributed by atoms with Crippen molar-refractivity contribution < 1.29 is 32.2 Å². The average molecular weight is 730 g/mol. The van der Waals surface area contributed by atoms with E-state index in [9.17, 15) is 22.8 Å². The normalized spacial score (nSPS) is 14.0. The number of carbonyl (C=O) groups is 2. The Morgan fingerprint density at radius 3 is 2.17 bits per heavy atom. The van der Waals surface area contributed by atoms with Crippen molar-refractivity contribution in [3.05, 3.63) is 131 Å². The first-order valence-corrected chi connectivity index (χ1v) is 17.5. The van der Waals surface area contributed by atoms with Gasteiger partial charge in [0, 0.05) is 76.8 Å². The number of ether oxygens (including phenoxy) is 2.